The van der Waals surface area contributed by atoms with E-state index in [9.17, 15) is 9.59 Å². The Hall–Kier alpha value is -4.16. The van der Waals surface area contributed by atoms with E-state index in [0.29, 0.717) is 53.9 Å². The quantitative estimate of drug-likeness (QED) is 0.118. The summed E-state index contributed by atoms with van der Waals surface area (Å²) in [5.74, 6) is -0.274. The lowest BCUT2D eigenvalue weighted by Gasteiger charge is -2.26. The molecule has 2 aromatic rings. The van der Waals surface area contributed by atoms with Gasteiger partial charge in [0.1, 0.15) is 22.9 Å². The Kier molecular flexibility index (Phi) is 10.4. The first-order valence-electron chi connectivity index (χ1n) is 12.4. The van der Waals surface area contributed by atoms with Gasteiger partial charge in [-0.1, -0.05) is 12.2 Å². The van der Waals surface area contributed by atoms with Crippen LogP contribution in [-0.4, -0.2) is 76.4 Å². The number of hydrogen-bond donors (Lipinski definition) is 6. The summed E-state index contributed by atoms with van der Waals surface area (Å²) in [6.45, 7) is 5.57. The Morgan fingerprint density at radius 2 is 1.45 bits per heavy atom. The minimum absolute atomic E-state index is 0.267. The predicted molar refractivity (Wildman–Crippen MR) is 149 cm³/mol. The number of rotatable bonds is 14. The van der Waals surface area contributed by atoms with Crippen molar-refractivity contribution in [2.75, 3.05) is 81.8 Å². The predicted octanol–water partition coefficient (Wildman–Crippen LogP) is 1.24. The number of nitrogens with zero attached hydrogens (tertiary/aromatic N) is 1. The van der Waals surface area contributed by atoms with Crippen molar-refractivity contribution >= 4 is 34.6 Å². The van der Waals surface area contributed by atoms with Crippen LogP contribution in [0.5, 0.6) is 11.5 Å². The lowest BCUT2D eigenvalue weighted by molar-refractivity contribution is 0.0358. The van der Waals surface area contributed by atoms with Gasteiger partial charge in [0.15, 0.2) is 0 Å². The number of methoxy groups -OCH3 is 1. The van der Waals surface area contributed by atoms with Crippen LogP contribution in [0.2, 0.25) is 0 Å². The molecule has 10 N–H and O–H groups in total. The van der Waals surface area contributed by atoms with Crippen molar-refractivity contribution in [1.29, 1.82) is 0 Å². The largest absolute Gasteiger partial charge is 0.494 e. The Morgan fingerprint density at radius 1 is 0.921 bits per heavy atom. The second kappa shape index (κ2) is 14.0. The summed E-state index contributed by atoms with van der Waals surface area (Å²) in [6, 6.07) is 6.17. The van der Waals surface area contributed by atoms with Gasteiger partial charge >= 0.3 is 0 Å². The minimum atomic E-state index is -0.587. The molecule has 38 heavy (non-hydrogen) atoms. The third-order valence-corrected chi connectivity index (χ3v) is 5.99. The number of nitrogens with two attached hydrogens (primary N) is 4. The molecule has 0 atom stereocenters. The summed E-state index contributed by atoms with van der Waals surface area (Å²) in [7, 11) is 1.49. The second-order valence-corrected chi connectivity index (χ2v) is 8.70. The fourth-order valence-corrected chi connectivity index (χ4v) is 4.00. The molecule has 12 nitrogen and oxygen atoms in total. The Labute approximate surface area is 222 Å². The molecule has 12 heteroatoms. The van der Waals surface area contributed by atoms with Gasteiger partial charge in [-0.2, -0.15) is 0 Å². The highest BCUT2D eigenvalue weighted by atomic mass is 16.5. The SMILES string of the molecule is COc1cc(C(N)=O)cc(N)c1NCC=CCNc1c(N)cc(C(N)=O)cc1OCCCN1CCOCC1. The zero-order chi connectivity index (χ0) is 27.5. The maximum absolute atomic E-state index is 11.7. The van der Waals surface area contributed by atoms with Crippen molar-refractivity contribution in [1.82, 2.24) is 4.90 Å². The number of carbonyl (C=O) groups is 2. The topological polar surface area (TPSA) is 193 Å². The number of hydrogen-bond acceptors (Lipinski definition) is 10. The molecule has 206 valence electrons. The lowest BCUT2D eigenvalue weighted by Crippen LogP contribution is -2.37. The van der Waals surface area contributed by atoms with E-state index in [1.54, 1.807) is 6.07 Å². The van der Waals surface area contributed by atoms with E-state index in [1.807, 2.05) is 12.2 Å². The van der Waals surface area contributed by atoms with E-state index >= 15 is 0 Å². The van der Waals surface area contributed by atoms with Gasteiger partial charge in [-0.05, 0) is 30.7 Å². The van der Waals surface area contributed by atoms with Crippen molar-refractivity contribution in [2.45, 2.75) is 6.42 Å². The molecule has 1 fully saturated rings. The number of morpholine rings is 1. The normalized spacial score (nSPS) is 13.8. The van der Waals surface area contributed by atoms with Gasteiger partial charge < -0.3 is 47.8 Å². The van der Waals surface area contributed by atoms with Gasteiger partial charge in [-0.15, -0.1) is 0 Å². The summed E-state index contributed by atoms with van der Waals surface area (Å²) in [5.41, 5.74) is 25.5. The molecule has 0 unspecified atom stereocenters. The van der Waals surface area contributed by atoms with E-state index in [1.165, 1.54) is 25.3 Å². The second-order valence-electron chi connectivity index (χ2n) is 8.70. The Bertz CT molecular complexity index is 1150. The molecule has 1 aliphatic heterocycles. The van der Waals surface area contributed by atoms with Crippen molar-refractivity contribution in [3.63, 3.8) is 0 Å². The van der Waals surface area contributed by atoms with Crippen LogP contribution < -0.4 is 43.0 Å². The number of benzene rings is 2. The first-order valence-corrected chi connectivity index (χ1v) is 12.4. The van der Waals surface area contributed by atoms with Crippen LogP contribution >= 0.6 is 0 Å². The number of nitrogens with one attached hydrogen (secondary N) is 2. The molecule has 0 saturated carbocycles. The van der Waals surface area contributed by atoms with E-state index in [4.69, 9.17) is 37.1 Å². The molecule has 3 rings (SSSR count). The zero-order valence-corrected chi connectivity index (χ0v) is 21.6. The van der Waals surface area contributed by atoms with Crippen LogP contribution in [-0.2, 0) is 4.74 Å². The van der Waals surface area contributed by atoms with Crippen LogP contribution in [0.1, 0.15) is 27.1 Å². The van der Waals surface area contributed by atoms with Crippen molar-refractivity contribution in [3.8, 4) is 11.5 Å². The third kappa shape index (κ3) is 7.92. The molecule has 0 radical (unpaired) electrons. The fraction of sp³-hybridized carbons (Fsp3) is 0.385. The highest BCUT2D eigenvalue weighted by Gasteiger charge is 2.15. The van der Waals surface area contributed by atoms with Gasteiger partial charge in [-0.3, -0.25) is 14.5 Å². The maximum atomic E-state index is 11.7. The standard InChI is InChI=1S/C26H37N7O5/c1-36-21-15-17(25(29)34)13-19(27)23(21)31-5-2-3-6-32-24-20(28)14-18(26(30)35)16-22(24)38-10-4-7-33-8-11-37-12-9-33/h2-3,13-16,31-32H,4-12,27-28H2,1H3,(H2,29,34)(H2,30,35). The zero-order valence-electron chi connectivity index (χ0n) is 21.6. The average Bonchev–Trinajstić information content (AvgIpc) is 2.90. The molecule has 2 aromatic carbocycles. The third-order valence-electron chi connectivity index (χ3n) is 5.99. The van der Waals surface area contributed by atoms with Crippen molar-refractivity contribution < 1.29 is 23.8 Å². The van der Waals surface area contributed by atoms with E-state index < -0.39 is 11.8 Å². The molecule has 2 amide bonds. The maximum Gasteiger partial charge on any atom is 0.248 e. The van der Waals surface area contributed by atoms with Gasteiger partial charge in [0.25, 0.3) is 0 Å². The number of anilines is 4. The van der Waals surface area contributed by atoms with Gasteiger partial charge in [0.05, 0.1) is 38.3 Å². The highest BCUT2D eigenvalue weighted by molar-refractivity contribution is 5.97. The Balaban J connectivity index is 1.56. The molecule has 0 bridgehead atoms. The Morgan fingerprint density at radius 3 is 1.97 bits per heavy atom. The fourth-order valence-electron chi connectivity index (χ4n) is 4.00. The summed E-state index contributed by atoms with van der Waals surface area (Å²) < 4.78 is 16.7. The number of amides is 2. The average molecular weight is 528 g/mol. The number of carbonyl (C=O) groups excluding carboxylic acids is 2. The van der Waals surface area contributed by atoms with Crippen LogP contribution in [0.25, 0.3) is 0 Å². The molecule has 0 aromatic heterocycles. The number of nitrogen functional groups attached to an aromatic ring is 2. The van der Waals surface area contributed by atoms with Crippen LogP contribution in [0.4, 0.5) is 22.7 Å². The van der Waals surface area contributed by atoms with Crippen LogP contribution in [0.15, 0.2) is 36.4 Å². The molecule has 0 spiro atoms. The first-order chi connectivity index (χ1) is 18.3. The first kappa shape index (κ1) is 28.4. The molecule has 1 aliphatic rings. The summed E-state index contributed by atoms with van der Waals surface area (Å²) in [4.78, 5) is 25.5. The van der Waals surface area contributed by atoms with Crippen LogP contribution in [0, 0.1) is 0 Å². The smallest absolute Gasteiger partial charge is 0.248 e. The molecule has 0 aliphatic carbocycles. The van der Waals surface area contributed by atoms with Crippen molar-refractivity contribution in [2.24, 2.45) is 11.5 Å². The summed E-state index contributed by atoms with van der Waals surface area (Å²) >= 11 is 0. The van der Waals surface area contributed by atoms with Gasteiger partial charge in [0.2, 0.25) is 11.8 Å². The van der Waals surface area contributed by atoms with Gasteiger partial charge in [0, 0.05) is 43.9 Å². The van der Waals surface area contributed by atoms with E-state index in [-0.39, 0.29) is 11.1 Å². The molecule has 1 saturated heterocycles. The molecule has 1 heterocycles. The summed E-state index contributed by atoms with van der Waals surface area (Å²) in [6.07, 6.45) is 4.61. The summed E-state index contributed by atoms with van der Waals surface area (Å²) in [5, 5.41) is 6.42. The monoisotopic (exact) mass is 527 g/mol. The lowest BCUT2D eigenvalue weighted by atomic mass is 10.1. The van der Waals surface area contributed by atoms with Crippen molar-refractivity contribution in [3.05, 3.63) is 47.5 Å². The molecular formula is C26H37N7O5. The number of ether oxygens (including phenoxy) is 3. The highest BCUT2D eigenvalue weighted by Crippen LogP contribution is 2.33. The molecular weight excluding hydrogens is 490 g/mol. The van der Waals surface area contributed by atoms with Gasteiger partial charge in [-0.25, -0.2) is 0 Å². The van der Waals surface area contributed by atoms with E-state index in [0.717, 1.165) is 39.3 Å². The number of primary amides is 2. The van der Waals surface area contributed by atoms with E-state index in [2.05, 4.69) is 15.5 Å². The van der Waals surface area contributed by atoms with Crippen LogP contribution in [0.3, 0.4) is 0 Å². The minimum Gasteiger partial charge on any atom is -0.494 e.